The maximum atomic E-state index is 10.6. The molecule has 0 saturated carbocycles. The van der Waals surface area contributed by atoms with Crippen LogP contribution in [0.25, 0.3) is 0 Å². The van der Waals surface area contributed by atoms with E-state index in [4.69, 9.17) is 5.14 Å². The Kier molecular flexibility index (Phi) is 4.29. The second kappa shape index (κ2) is 4.29. The fourth-order valence-electron chi connectivity index (χ4n) is 0.563. The minimum atomic E-state index is -3.75. The van der Waals surface area contributed by atoms with Crippen LogP contribution in [0.3, 0.4) is 0 Å². The van der Waals surface area contributed by atoms with E-state index in [9.17, 15) is 8.42 Å². The Morgan fingerprint density at radius 3 is 2.42 bits per heavy atom. The standard InChI is InChI=1S/C5H7N3O2S.Na/c1-4-2-3-7-5(8-4)11(6,9)10;/h2-3H,1H3,(H2,6,9,10);. The van der Waals surface area contributed by atoms with Gasteiger partial charge in [-0.25, -0.2) is 23.5 Å². The van der Waals surface area contributed by atoms with Crippen molar-refractivity contribution in [3.8, 4) is 0 Å². The summed E-state index contributed by atoms with van der Waals surface area (Å²) in [7, 11) is -3.75. The van der Waals surface area contributed by atoms with Gasteiger partial charge in [-0.3, -0.25) is 0 Å². The average Bonchev–Trinajstić information content (AvgIpc) is 1.86. The molecule has 1 heterocycles. The quantitative estimate of drug-likeness (QED) is 0.463. The topological polar surface area (TPSA) is 85.9 Å². The fraction of sp³-hybridized carbons (Fsp3) is 0.200. The van der Waals surface area contributed by atoms with Crippen LogP contribution in [-0.4, -0.2) is 47.9 Å². The molecule has 1 aromatic heterocycles. The summed E-state index contributed by atoms with van der Waals surface area (Å²) in [6.45, 7) is 1.66. The minimum absolute atomic E-state index is 0. The summed E-state index contributed by atoms with van der Waals surface area (Å²) in [4.78, 5) is 7.11. The zero-order valence-corrected chi connectivity index (χ0v) is 9.67. The van der Waals surface area contributed by atoms with Crippen LogP contribution in [0.15, 0.2) is 17.4 Å². The van der Waals surface area contributed by atoms with Crippen molar-refractivity contribution in [2.24, 2.45) is 5.14 Å². The molecule has 7 heteroatoms. The second-order valence-electron chi connectivity index (χ2n) is 2.03. The normalized spacial score (nSPS) is 10.5. The molecule has 2 N–H and O–H groups in total. The van der Waals surface area contributed by atoms with Gasteiger partial charge < -0.3 is 0 Å². The fourth-order valence-corrected chi connectivity index (χ4v) is 1.04. The molecular formula is C5H7N3NaO2S. The number of hydrogen-bond donors (Lipinski definition) is 1. The summed E-state index contributed by atoms with van der Waals surface area (Å²) in [5, 5.41) is 4.44. The monoisotopic (exact) mass is 196 g/mol. The Labute approximate surface area is 92.7 Å². The Morgan fingerprint density at radius 2 is 2.08 bits per heavy atom. The number of rotatable bonds is 1. The number of nitrogens with zero attached hydrogens (tertiary/aromatic N) is 2. The maximum absolute atomic E-state index is 10.6. The van der Waals surface area contributed by atoms with Crippen LogP contribution in [0.4, 0.5) is 0 Å². The Bertz CT molecular complexity index is 365. The number of sulfonamides is 1. The van der Waals surface area contributed by atoms with Crippen LogP contribution in [-0.2, 0) is 10.0 Å². The molecule has 0 fully saturated rings. The average molecular weight is 196 g/mol. The molecule has 1 rings (SSSR count). The molecule has 0 atom stereocenters. The first-order chi connectivity index (χ1) is 5.00. The van der Waals surface area contributed by atoms with Crippen molar-refractivity contribution < 1.29 is 8.42 Å². The van der Waals surface area contributed by atoms with Gasteiger partial charge in [-0.05, 0) is 13.0 Å². The van der Waals surface area contributed by atoms with Crippen molar-refractivity contribution >= 4 is 39.6 Å². The SMILES string of the molecule is Cc1ccnc(S(N)(=O)=O)n1.[Na]. The molecule has 0 spiro atoms. The molecule has 0 aliphatic heterocycles. The van der Waals surface area contributed by atoms with Crippen LogP contribution in [0.2, 0.25) is 0 Å². The third-order valence-corrected chi connectivity index (χ3v) is 1.73. The van der Waals surface area contributed by atoms with E-state index in [0.717, 1.165) is 0 Å². The van der Waals surface area contributed by atoms with Gasteiger partial charge in [0.2, 0.25) is 0 Å². The van der Waals surface area contributed by atoms with Gasteiger partial charge in [-0.2, -0.15) is 0 Å². The van der Waals surface area contributed by atoms with E-state index >= 15 is 0 Å². The number of primary sulfonamides is 1. The van der Waals surface area contributed by atoms with Crippen molar-refractivity contribution in [3.05, 3.63) is 18.0 Å². The summed E-state index contributed by atoms with van der Waals surface area (Å²) in [6.07, 6.45) is 1.35. The predicted molar refractivity (Wildman–Crippen MR) is 43.9 cm³/mol. The molecule has 1 aromatic rings. The van der Waals surface area contributed by atoms with E-state index in [0.29, 0.717) is 5.69 Å². The second-order valence-corrected chi connectivity index (χ2v) is 3.48. The summed E-state index contributed by atoms with van der Waals surface area (Å²) in [5.74, 6) is 0. The van der Waals surface area contributed by atoms with Gasteiger partial charge >= 0.3 is 0 Å². The van der Waals surface area contributed by atoms with Crippen LogP contribution in [0.1, 0.15) is 5.69 Å². The van der Waals surface area contributed by atoms with E-state index in [1.165, 1.54) is 6.20 Å². The Balaban J connectivity index is 0.00000121. The van der Waals surface area contributed by atoms with Crippen LogP contribution in [0, 0.1) is 6.92 Å². The summed E-state index contributed by atoms with van der Waals surface area (Å²) >= 11 is 0. The van der Waals surface area contributed by atoms with Crippen LogP contribution in [0.5, 0.6) is 0 Å². The first kappa shape index (κ1) is 12.0. The molecule has 0 amide bonds. The summed E-state index contributed by atoms with van der Waals surface area (Å²) < 4.78 is 21.3. The molecular weight excluding hydrogens is 189 g/mol. The van der Waals surface area contributed by atoms with Crippen molar-refractivity contribution in [2.45, 2.75) is 12.1 Å². The maximum Gasteiger partial charge on any atom is 0.273 e. The molecule has 0 aliphatic rings. The van der Waals surface area contributed by atoms with Crippen molar-refractivity contribution in [1.82, 2.24) is 9.97 Å². The first-order valence-corrected chi connectivity index (χ1v) is 4.37. The molecule has 0 aromatic carbocycles. The van der Waals surface area contributed by atoms with Crippen molar-refractivity contribution in [1.29, 1.82) is 0 Å². The van der Waals surface area contributed by atoms with Crippen LogP contribution < -0.4 is 5.14 Å². The number of nitrogens with two attached hydrogens (primary N) is 1. The first-order valence-electron chi connectivity index (χ1n) is 2.82. The largest absolute Gasteiger partial charge is 0.273 e. The molecule has 0 bridgehead atoms. The number of hydrogen-bond acceptors (Lipinski definition) is 4. The zero-order valence-electron chi connectivity index (χ0n) is 6.85. The van der Waals surface area contributed by atoms with Crippen LogP contribution >= 0.6 is 0 Å². The summed E-state index contributed by atoms with van der Waals surface area (Å²) in [6, 6.07) is 1.59. The van der Waals surface area contributed by atoms with Gasteiger partial charge in [0, 0.05) is 41.4 Å². The van der Waals surface area contributed by atoms with E-state index in [1.807, 2.05) is 0 Å². The van der Waals surface area contributed by atoms with E-state index in [2.05, 4.69) is 9.97 Å². The van der Waals surface area contributed by atoms with E-state index < -0.39 is 10.0 Å². The van der Waals surface area contributed by atoms with E-state index in [1.54, 1.807) is 13.0 Å². The Morgan fingerprint density at radius 1 is 1.50 bits per heavy atom. The minimum Gasteiger partial charge on any atom is -0.226 e. The zero-order chi connectivity index (χ0) is 8.48. The van der Waals surface area contributed by atoms with Gasteiger partial charge in [0.25, 0.3) is 15.2 Å². The summed E-state index contributed by atoms with van der Waals surface area (Å²) in [5.41, 5.74) is 0.573. The molecule has 0 aliphatic carbocycles. The van der Waals surface area contributed by atoms with Crippen molar-refractivity contribution in [3.63, 3.8) is 0 Å². The smallest absolute Gasteiger partial charge is 0.226 e. The van der Waals surface area contributed by atoms with Gasteiger partial charge in [0.05, 0.1) is 0 Å². The molecule has 0 saturated heterocycles. The number of aryl methyl sites for hydroxylation is 1. The predicted octanol–water partition coefficient (Wildman–Crippen LogP) is -0.948. The third-order valence-electron chi connectivity index (χ3n) is 1.03. The molecule has 0 unspecified atom stereocenters. The van der Waals surface area contributed by atoms with Gasteiger partial charge in [-0.15, -0.1) is 0 Å². The Hall–Kier alpha value is -0.0100. The van der Waals surface area contributed by atoms with Gasteiger partial charge in [0.1, 0.15) is 0 Å². The molecule has 5 nitrogen and oxygen atoms in total. The van der Waals surface area contributed by atoms with Crippen molar-refractivity contribution in [2.75, 3.05) is 0 Å². The molecule has 1 radical (unpaired) electrons. The van der Waals surface area contributed by atoms with Gasteiger partial charge in [0.15, 0.2) is 0 Å². The molecule has 12 heavy (non-hydrogen) atoms. The third kappa shape index (κ3) is 3.16. The van der Waals surface area contributed by atoms with Gasteiger partial charge in [-0.1, -0.05) is 0 Å². The van der Waals surface area contributed by atoms with E-state index in [-0.39, 0.29) is 34.7 Å². The molecule has 61 valence electrons. The number of aromatic nitrogens is 2.